The van der Waals surface area contributed by atoms with Gasteiger partial charge in [0, 0.05) is 13.0 Å². The van der Waals surface area contributed by atoms with Crippen LogP contribution in [-0.4, -0.2) is 46.8 Å². The molecule has 0 fully saturated rings. The third-order valence-electron chi connectivity index (χ3n) is 1.77. The lowest BCUT2D eigenvalue weighted by molar-refractivity contribution is 0.0696. The average molecular weight is 195 g/mol. The van der Waals surface area contributed by atoms with Gasteiger partial charge in [-0.25, -0.2) is 4.79 Å². The van der Waals surface area contributed by atoms with Crippen LogP contribution in [0.3, 0.4) is 0 Å². The van der Waals surface area contributed by atoms with Gasteiger partial charge in [-0.05, 0) is 20.2 Å². The third-order valence-corrected chi connectivity index (χ3v) is 1.77. The van der Waals surface area contributed by atoms with Crippen molar-refractivity contribution in [3.63, 3.8) is 0 Å². The van der Waals surface area contributed by atoms with E-state index in [0.29, 0.717) is 12.1 Å². The van der Waals surface area contributed by atoms with E-state index in [2.05, 4.69) is 10.2 Å². The molecule has 1 heterocycles. The number of hydrogen-bond donors (Lipinski definition) is 1. The van der Waals surface area contributed by atoms with Crippen molar-refractivity contribution >= 4 is 5.97 Å². The molecule has 14 heavy (non-hydrogen) atoms. The number of aromatic carboxylic acids is 1. The maximum absolute atomic E-state index is 10.6. The Bertz CT molecular complexity index is 326. The van der Waals surface area contributed by atoms with E-state index in [4.69, 9.17) is 5.11 Å². The molecule has 0 aliphatic rings. The number of nitrogens with zero attached hydrogens (tertiary/aromatic N) is 3. The second kappa shape index (κ2) is 4.66. The summed E-state index contributed by atoms with van der Waals surface area (Å²) < 4.78 is 0. The molecule has 0 amide bonds. The highest BCUT2D eigenvalue weighted by atomic mass is 16.4. The standard InChI is InChI=1S/C9H13N3O2/c1-12(2)4-3-8-5-7(9(13)14)6-10-11-8/h5-6H,3-4H2,1-2H3,(H,13,14). The van der Waals surface area contributed by atoms with Crippen LogP contribution in [-0.2, 0) is 6.42 Å². The first-order chi connectivity index (χ1) is 6.59. The molecule has 0 unspecified atom stereocenters. The second-order valence-corrected chi connectivity index (χ2v) is 3.29. The Morgan fingerprint density at radius 3 is 2.86 bits per heavy atom. The maximum atomic E-state index is 10.6. The van der Waals surface area contributed by atoms with Crippen molar-refractivity contribution in [2.45, 2.75) is 6.42 Å². The molecule has 5 heteroatoms. The van der Waals surface area contributed by atoms with E-state index < -0.39 is 5.97 Å². The number of carbonyl (C=O) groups is 1. The van der Waals surface area contributed by atoms with E-state index in [0.717, 1.165) is 6.54 Å². The fourth-order valence-corrected chi connectivity index (χ4v) is 0.988. The van der Waals surface area contributed by atoms with Crippen molar-refractivity contribution in [3.05, 3.63) is 23.5 Å². The van der Waals surface area contributed by atoms with E-state index in [1.54, 1.807) is 6.07 Å². The van der Waals surface area contributed by atoms with Crippen molar-refractivity contribution in [2.24, 2.45) is 0 Å². The first kappa shape index (κ1) is 10.6. The lowest BCUT2D eigenvalue weighted by Gasteiger charge is -2.07. The normalized spacial score (nSPS) is 10.5. The maximum Gasteiger partial charge on any atom is 0.337 e. The number of carboxylic acid groups (broad SMARTS) is 1. The number of aromatic nitrogens is 2. The van der Waals surface area contributed by atoms with Crippen LogP contribution in [0.15, 0.2) is 12.3 Å². The second-order valence-electron chi connectivity index (χ2n) is 3.29. The Morgan fingerprint density at radius 2 is 2.29 bits per heavy atom. The summed E-state index contributed by atoms with van der Waals surface area (Å²) in [6.45, 7) is 0.831. The molecular formula is C9H13N3O2. The fourth-order valence-electron chi connectivity index (χ4n) is 0.988. The highest BCUT2D eigenvalue weighted by molar-refractivity contribution is 5.87. The highest BCUT2D eigenvalue weighted by Gasteiger charge is 2.05. The summed E-state index contributed by atoms with van der Waals surface area (Å²) >= 11 is 0. The Kier molecular flexibility index (Phi) is 3.53. The van der Waals surface area contributed by atoms with Crippen molar-refractivity contribution in [3.8, 4) is 0 Å². The van der Waals surface area contributed by atoms with Crippen LogP contribution in [0, 0.1) is 0 Å². The summed E-state index contributed by atoms with van der Waals surface area (Å²) in [5.41, 5.74) is 0.896. The summed E-state index contributed by atoms with van der Waals surface area (Å²) in [6, 6.07) is 1.55. The van der Waals surface area contributed by atoms with E-state index in [1.165, 1.54) is 6.20 Å². The molecule has 0 saturated carbocycles. The molecule has 0 aliphatic carbocycles. The van der Waals surface area contributed by atoms with Gasteiger partial charge in [0.05, 0.1) is 17.5 Å². The monoisotopic (exact) mass is 195 g/mol. The van der Waals surface area contributed by atoms with Crippen molar-refractivity contribution < 1.29 is 9.90 Å². The zero-order valence-electron chi connectivity index (χ0n) is 8.27. The van der Waals surface area contributed by atoms with E-state index >= 15 is 0 Å². The Morgan fingerprint density at radius 1 is 1.57 bits per heavy atom. The van der Waals surface area contributed by atoms with Crippen LogP contribution in [0.5, 0.6) is 0 Å². The van der Waals surface area contributed by atoms with Gasteiger partial charge in [0.2, 0.25) is 0 Å². The first-order valence-corrected chi connectivity index (χ1v) is 4.29. The summed E-state index contributed by atoms with van der Waals surface area (Å²) in [5.74, 6) is -0.967. The molecule has 0 radical (unpaired) electrons. The number of carboxylic acids is 1. The van der Waals surface area contributed by atoms with Crippen LogP contribution in [0.1, 0.15) is 16.1 Å². The predicted molar refractivity (Wildman–Crippen MR) is 51.2 cm³/mol. The zero-order chi connectivity index (χ0) is 10.6. The quantitative estimate of drug-likeness (QED) is 0.747. The van der Waals surface area contributed by atoms with Gasteiger partial charge in [-0.3, -0.25) is 0 Å². The van der Waals surface area contributed by atoms with Crippen LogP contribution in [0.2, 0.25) is 0 Å². The van der Waals surface area contributed by atoms with Crippen molar-refractivity contribution in [1.29, 1.82) is 0 Å². The van der Waals surface area contributed by atoms with Crippen LogP contribution < -0.4 is 0 Å². The molecular weight excluding hydrogens is 182 g/mol. The molecule has 1 N–H and O–H groups in total. The number of rotatable bonds is 4. The largest absolute Gasteiger partial charge is 0.478 e. The molecule has 1 aromatic rings. The molecule has 1 rings (SSSR count). The van der Waals surface area contributed by atoms with Gasteiger partial charge < -0.3 is 10.0 Å². The average Bonchev–Trinajstić information content (AvgIpc) is 2.15. The van der Waals surface area contributed by atoms with E-state index in [-0.39, 0.29) is 5.56 Å². The van der Waals surface area contributed by atoms with E-state index in [1.807, 2.05) is 19.0 Å². The van der Waals surface area contributed by atoms with Crippen LogP contribution in [0.25, 0.3) is 0 Å². The van der Waals surface area contributed by atoms with Gasteiger partial charge in [0.15, 0.2) is 0 Å². The molecule has 76 valence electrons. The molecule has 0 spiro atoms. The summed E-state index contributed by atoms with van der Waals surface area (Å²) in [7, 11) is 3.91. The van der Waals surface area contributed by atoms with Gasteiger partial charge in [0.25, 0.3) is 0 Å². The molecule has 1 aromatic heterocycles. The Hall–Kier alpha value is -1.49. The predicted octanol–water partition coefficient (Wildman–Crippen LogP) is 0.279. The minimum absolute atomic E-state index is 0.189. The van der Waals surface area contributed by atoms with E-state index in [9.17, 15) is 4.79 Å². The zero-order valence-corrected chi connectivity index (χ0v) is 8.27. The Balaban J connectivity index is 2.69. The smallest absolute Gasteiger partial charge is 0.337 e. The first-order valence-electron chi connectivity index (χ1n) is 4.29. The lowest BCUT2D eigenvalue weighted by Crippen LogP contribution is -2.16. The van der Waals surface area contributed by atoms with Gasteiger partial charge >= 0.3 is 5.97 Å². The van der Waals surface area contributed by atoms with Gasteiger partial charge in [0.1, 0.15) is 0 Å². The number of likely N-dealkylation sites (N-methyl/N-ethyl adjacent to an activating group) is 1. The van der Waals surface area contributed by atoms with Gasteiger partial charge in [-0.2, -0.15) is 10.2 Å². The fraction of sp³-hybridized carbons (Fsp3) is 0.444. The highest BCUT2D eigenvalue weighted by Crippen LogP contribution is 2.00. The topological polar surface area (TPSA) is 66.3 Å². The molecule has 0 saturated heterocycles. The van der Waals surface area contributed by atoms with Gasteiger partial charge in [-0.1, -0.05) is 0 Å². The summed E-state index contributed by atoms with van der Waals surface area (Å²) in [5, 5.41) is 16.2. The molecule has 0 bridgehead atoms. The molecule has 0 aromatic carbocycles. The van der Waals surface area contributed by atoms with Crippen LogP contribution >= 0.6 is 0 Å². The Labute approximate surface area is 82.4 Å². The summed E-state index contributed by atoms with van der Waals surface area (Å²) in [4.78, 5) is 12.6. The third kappa shape index (κ3) is 3.10. The van der Waals surface area contributed by atoms with Crippen molar-refractivity contribution in [1.82, 2.24) is 15.1 Å². The van der Waals surface area contributed by atoms with Gasteiger partial charge in [-0.15, -0.1) is 0 Å². The minimum Gasteiger partial charge on any atom is -0.478 e. The number of hydrogen-bond acceptors (Lipinski definition) is 4. The van der Waals surface area contributed by atoms with Crippen LogP contribution in [0.4, 0.5) is 0 Å². The molecule has 5 nitrogen and oxygen atoms in total. The molecule has 0 atom stereocenters. The minimum atomic E-state index is -0.967. The lowest BCUT2D eigenvalue weighted by atomic mass is 10.2. The molecule has 0 aliphatic heterocycles. The van der Waals surface area contributed by atoms with Crippen molar-refractivity contribution in [2.75, 3.05) is 20.6 Å². The SMILES string of the molecule is CN(C)CCc1cc(C(=O)O)cnn1. The summed E-state index contributed by atoms with van der Waals surface area (Å²) in [6.07, 6.45) is 1.96.